The number of imide groups is 1. The van der Waals surface area contributed by atoms with Crippen LogP contribution in [-0.4, -0.2) is 73.1 Å². The molecule has 2 unspecified atom stereocenters. The number of piperazine rings is 1. The zero-order valence-electron chi connectivity index (χ0n) is 30.8. The van der Waals surface area contributed by atoms with Crippen molar-refractivity contribution in [1.82, 2.24) is 29.7 Å². The van der Waals surface area contributed by atoms with Crippen molar-refractivity contribution in [2.45, 2.75) is 75.8 Å². The van der Waals surface area contributed by atoms with Gasteiger partial charge in [-0.25, -0.2) is 18.7 Å². The van der Waals surface area contributed by atoms with Crippen molar-refractivity contribution in [2.75, 3.05) is 23.3 Å². The lowest BCUT2D eigenvalue weighted by atomic mass is 9.89. The van der Waals surface area contributed by atoms with Gasteiger partial charge in [-0.05, 0) is 72.7 Å². The number of hydrogen-bond acceptors (Lipinski definition) is 9. The molecule has 0 radical (unpaired) electrons. The molecule has 12 nitrogen and oxygen atoms in total. The van der Waals surface area contributed by atoms with Crippen molar-refractivity contribution in [3.8, 4) is 11.1 Å². The van der Waals surface area contributed by atoms with Crippen LogP contribution < -0.4 is 15.5 Å². The summed E-state index contributed by atoms with van der Waals surface area (Å²) < 4.78 is 33.1. The lowest BCUT2D eigenvalue weighted by Crippen LogP contribution is -2.46. The number of thiazole rings is 1. The highest BCUT2D eigenvalue weighted by Gasteiger charge is 2.44. The number of hydrogen-bond donors (Lipinski definition) is 2. The Kier molecular flexibility index (Phi) is 8.74. The predicted octanol–water partition coefficient (Wildman–Crippen LogP) is 5.55. The number of aromatic nitrogens is 3. The predicted molar refractivity (Wildman–Crippen MR) is 207 cm³/mol. The molecule has 0 aliphatic carbocycles. The van der Waals surface area contributed by atoms with E-state index in [1.54, 1.807) is 30.0 Å². The molecule has 2 bridgehead atoms. The van der Waals surface area contributed by atoms with Crippen LogP contribution in [0.5, 0.6) is 0 Å². The van der Waals surface area contributed by atoms with Crippen molar-refractivity contribution >= 4 is 45.8 Å². The summed E-state index contributed by atoms with van der Waals surface area (Å²) in [6.07, 6.45) is 6.45. The standard InChI is InChI=1S/C42H38F2N8O4S/c43-33-14-23(3-8-29(33)30-9-10-36(53)47-39(30)54)18-50-19-28-17-27(50)20-51(28)26-6-4-24(5-7-26)25-15-31-32(34(44)16-25)21-52(41(31)56)38(40(55)48-42-45-11-13-57-42)37-35-2-1-12-49(35)22-46-37/h3-8,11,13-16,22,27-28,30,38H,1-2,9-10,12,17-21H2,(H,45,48,55)(H,47,53,54)/t27-,28-,30?,38?/m1/s1. The Balaban J connectivity index is 0.824. The van der Waals surface area contributed by atoms with E-state index in [1.165, 1.54) is 28.4 Å². The fourth-order valence-corrected chi connectivity index (χ4v) is 9.98. The van der Waals surface area contributed by atoms with Gasteiger partial charge in [-0.2, -0.15) is 0 Å². The third-order valence-corrected chi connectivity index (χ3v) is 12.9. The number of nitrogens with one attached hydrogen (secondary N) is 2. The van der Waals surface area contributed by atoms with Gasteiger partial charge in [0.25, 0.3) is 11.8 Å². The quantitative estimate of drug-likeness (QED) is 0.186. The minimum Gasteiger partial charge on any atom is -0.366 e. The summed E-state index contributed by atoms with van der Waals surface area (Å²) in [4.78, 5) is 66.7. The molecule has 5 aromatic rings. The summed E-state index contributed by atoms with van der Waals surface area (Å²) in [6.45, 7) is 2.97. The Morgan fingerprint density at radius 1 is 0.965 bits per heavy atom. The average molecular weight is 789 g/mol. The van der Waals surface area contributed by atoms with Crippen LogP contribution in [0.2, 0.25) is 0 Å². The van der Waals surface area contributed by atoms with Crippen molar-refractivity contribution in [2.24, 2.45) is 0 Å². The maximum absolute atomic E-state index is 15.9. The van der Waals surface area contributed by atoms with Gasteiger partial charge < -0.3 is 14.4 Å². The van der Waals surface area contributed by atoms with E-state index in [0.29, 0.717) is 41.0 Å². The number of carbonyl (C=O) groups is 4. The zero-order valence-corrected chi connectivity index (χ0v) is 31.6. The van der Waals surface area contributed by atoms with Gasteiger partial charge in [-0.3, -0.25) is 34.7 Å². The van der Waals surface area contributed by atoms with Gasteiger partial charge in [0.15, 0.2) is 11.2 Å². The molecule has 10 rings (SSSR count). The first-order chi connectivity index (χ1) is 27.7. The Hall–Kier alpha value is -5.80. The largest absolute Gasteiger partial charge is 0.366 e. The summed E-state index contributed by atoms with van der Waals surface area (Å²) in [5.41, 5.74) is 5.47. The molecule has 3 saturated heterocycles. The molecule has 3 fully saturated rings. The van der Waals surface area contributed by atoms with Gasteiger partial charge in [0.1, 0.15) is 11.6 Å². The van der Waals surface area contributed by atoms with E-state index in [0.717, 1.165) is 61.4 Å². The van der Waals surface area contributed by atoms with E-state index in [9.17, 15) is 19.2 Å². The number of anilines is 2. The summed E-state index contributed by atoms with van der Waals surface area (Å²) in [5.74, 6) is -3.21. The topological polar surface area (TPSA) is 133 Å². The third-order valence-electron chi connectivity index (χ3n) is 12.2. The van der Waals surface area contributed by atoms with Crippen LogP contribution in [0.25, 0.3) is 11.1 Å². The highest BCUT2D eigenvalue weighted by atomic mass is 32.1. The smallest absolute Gasteiger partial charge is 0.255 e. The molecule has 5 aliphatic rings. The van der Waals surface area contributed by atoms with Crippen molar-refractivity contribution in [3.05, 3.63) is 118 Å². The minimum absolute atomic E-state index is 0.0569. The Morgan fingerprint density at radius 3 is 2.58 bits per heavy atom. The van der Waals surface area contributed by atoms with Gasteiger partial charge in [-0.1, -0.05) is 24.3 Å². The summed E-state index contributed by atoms with van der Waals surface area (Å²) in [6, 6.07) is 15.7. The van der Waals surface area contributed by atoms with Gasteiger partial charge in [0, 0.05) is 84.3 Å². The second-order valence-corrected chi connectivity index (χ2v) is 16.4. The number of fused-ring (bicyclic) bond motifs is 4. The van der Waals surface area contributed by atoms with Crippen LogP contribution in [0.1, 0.15) is 76.1 Å². The number of likely N-dealkylation sites (tertiary alicyclic amines) is 1. The van der Waals surface area contributed by atoms with Crippen LogP contribution >= 0.6 is 11.3 Å². The lowest BCUT2D eigenvalue weighted by molar-refractivity contribution is -0.134. The number of piperidine rings is 1. The van der Waals surface area contributed by atoms with E-state index < -0.39 is 41.3 Å². The molecule has 2 aromatic heterocycles. The molecule has 57 heavy (non-hydrogen) atoms. The molecular weight excluding hydrogens is 751 g/mol. The van der Waals surface area contributed by atoms with E-state index in [1.807, 2.05) is 34.9 Å². The molecule has 0 saturated carbocycles. The second kappa shape index (κ2) is 14.0. The molecule has 4 atom stereocenters. The SMILES string of the molecule is O=C1CCC(c2ccc(CN3C[C@H]4C[C@@H]3CN4c3ccc(-c4cc(F)c5c(c4)C(=O)N(C(C(=O)Nc4nccs4)c4ncn6c4CCC6)C5)cc3)cc2F)C(=O)N1. The van der Waals surface area contributed by atoms with Crippen LogP contribution in [0.15, 0.2) is 72.5 Å². The fourth-order valence-electron chi connectivity index (χ4n) is 9.45. The lowest BCUT2D eigenvalue weighted by Gasteiger charge is -2.35. The van der Waals surface area contributed by atoms with Crippen molar-refractivity contribution in [3.63, 3.8) is 0 Å². The maximum atomic E-state index is 15.9. The normalized spacial score (nSPS) is 21.9. The molecule has 15 heteroatoms. The second-order valence-electron chi connectivity index (χ2n) is 15.6. The van der Waals surface area contributed by atoms with Gasteiger partial charge in [-0.15, -0.1) is 11.3 Å². The maximum Gasteiger partial charge on any atom is 0.255 e. The zero-order chi connectivity index (χ0) is 38.9. The molecule has 0 spiro atoms. The first-order valence-electron chi connectivity index (χ1n) is 19.3. The summed E-state index contributed by atoms with van der Waals surface area (Å²) in [5, 5.41) is 7.31. The third kappa shape index (κ3) is 6.29. The van der Waals surface area contributed by atoms with Gasteiger partial charge >= 0.3 is 0 Å². The number of carbonyl (C=O) groups excluding carboxylic acids is 4. The van der Waals surface area contributed by atoms with Gasteiger partial charge in [0.05, 0.1) is 24.5 Å². The van der Waals surface area contributed by atoms with E-state index in [-0.39, 0.29) is 36.0 Å². The molecular formula is C42H38F2N8O4S. The van der Waals surface area contributed by atoms with Crippen molar-refractivity contribution < 1.29 is 28.0 Å². The van der Waals surface area contributed by atoms with Crippen LogP contribution in [-0.2, 0) is 40.4 Å². The number of rotatable bonds is 9. The number of nitrogens with zero attached hydrogens (tertiary/aromatic N) is 6. The molecule has 4 amide bonds. The van der Waals surface area contributed by atoms with Crippen molar-refractivity contribution in [1.29, 1.82) is 0 Å². The van der Waals surface area contributed by atoms with E-state index >= 15 is 8.78 Å². The molecule has 7 heterocycles. The molecule has 3 aromatic carbocycles. The number of imidazole rings is 1. The monoisotopic (exact) mass is 788 g/mol. The Morgan fingerprint density at radius 2 is 1.82 bits per heavy atom. The number of benzene rings is 3. The number of amides is 4. The van der Waals surface area contributed by atoms with Gasteiger partial charge in [0.2, 0.25) is 11.8 Å². The van der Waals surface area contributed by atoms with E-state index in [4.69, 9.17) is 0 Å². The van der Waals surface area contributed by atoms with Crippen LogP contribution in [0.4, 0.5) is 19.6 Å². The molecule has 290 valence electrons. The van der Waals surface area contributed by atoms with E-state index in [2.05, 4.69) is 30.4 Å². The molecule has 2 N–H and O–H groups in total. The van der Waals surface area contributed by atoms with Crippen LogP contribution in [0.3, 0.4) is 0 Å². The molecule has 5 aliphatic heterocycles. The average Bonchev–Trinajstić information content (AvgIpc) is 4.06. The number of halogens is 2. The number of aryl methyl sites for hydroxylation is 1. The summed E-state index contributed by atoms with van der Waals surface area (Å²) >= 11 is 1.28. The highest BCUT2D eigenvalue weighted by Crippen LogP contribution is 2.40. The Labute approximate surface area is 330 Å². The highest BCUT2D eigenvalue weighted by molar-refractivity contribution is 7.13. The fraction of sp³-hybridized carbons (Fsp3) is 0.333. The minimum atomic E-state index is -1.05. The summed E-state index contributed by atoms with van der Waals surface area (Å²) in [7, 11) is 0. The first kappa shape index (κ1) is 35.6. The Bertz CT molecular complexity index is 2450. The first-order valence-corrected chi connectivity index (χ1v) is 20.2. The van der Waals surface area contributed by atoms with Crippen LogP contribution in [0, 0.1) is 11.6 Å².